The highest BCUT2D eigenvalue weighted by Gasteiger charge is 1.97. The summed E-state index contributed by atoms with van der Waals surface area (Å²) in [4.78, 5) is 0. The van der Waals surface area contributed by atoms with Crippen molar-refractivity contribution in [2.45, 2.75) is 0 Å². The molecule has 0 atom stereocenters. The first kappa shape index (κ1) is 18.4. The minimum Gasteiger partial charge on any atom is -0.491 e. The lowest BCUT2D eigenvalue weighted by atomic mass is 10.3. The van der Waals surface area contributed by atoms with Gasteiger partial charge in [-0.2, -0.15) is 0 Å². The average Bonchev–Trinajstić information content (AvgIpc) is 2.20. The van der Waals surface area contributed by atoms with Gasteiger partial charge in [-0.25, -0.2) is 0 Å². The van der Waals surface area contributed by atoms with E-state index in [1.54, 1.807) is 0 Å². The van der Waals surface area contributed by atoms with E-state index in [-0.39, 0.29) is 24.8 Å². The molecule has 0 aromatic heterocycles. The zero-order chi connectivity index (χ0) is 10.2. The van der Waals surface area contributed by atoms with Gasteiger partial charge in [0.15, 0.2) is 0 Å². The van der Waals surface area contributed by atoms with Crippen LogP contribution in [0, 0.1) is 0 Å². The number of halogens is 3. The van der Waals surface area contributed by atoms with Crippen molar-refractivity contribution in [3.8, 4) is 5.75 Å². The van der Waals surface area contributed by atoms with Gasteiger partial charge in [0, 0.05) is 19.6 Å². The summed E-state index contributed by atoms with van der Waals surface area (Å²) < 4.78 is 6.52. The minimum atomic E-state index is 0. The molecular formula is C10H17BrCl2N2O. The Morgan fingerprint density at radius 1 is 1.19 bits per heavy atom. The van der Waals surface area contributed by atoms with Gasteiger partial charge >= 0.3 is 0 Å². The Kier molecular flexibility index (Phi) is 13.2. The summed E-state index contributed by atoms with van der Waals surface area (Å²) >= 11 is 3.41. The van der Waals surface area contributed by atoms with Gasteiger partial charge in [-0.15, -0.1) is 24.8 Å². The SMILES string of the molecule is Cl.Cl.NCCNCCOc1ccccc1Br. The maximum atomic E-state index is 5.53. The molecule has 6 heteroatoms. The summed E-state index contributed by atoms with van der Waals surface area (Å²) in [6.45, 7) is 2.97. The summed E-state index contributed by atoms with van der Waals surface area (Å²) in [5.41, 5.74) is 5.34. The summed E-state index contributed by atoms with van der Waals surface area (Å²) in [5.74, 6) is 0.877. The van der Waals surface area contributed by atoms with E-state index in [2.05, 4.69) is 21.2 Å². The third-order valence-corrected chi connectivity index (χ3v) is 2.35. The van der Waals surface area contributed by atoms with Crippen molar-refractivity contribution in [3.63, 3.8) is 0 Å². The molecular weight excluding hydrogens is 315 g/mol. The Morgan fingerprint density at radius 3 is 2.50 bits per heavy atom. The number of rotatable bonds is 6. The molecule has 1 rings (SSSR count). The number of ether oxygens (including phenoxy) is 1. The number of hydrogen-bond acceptors (Lipinski definition) is 3. The van der Waals surface area contributed by atoms with Crippen LogP contribution in [0.3, 0.4) is 0 Å². The first-order valence-electron chi connectivity index (χ1n) is 4.62. The average molecular weight is 332 g/mol. The normalized spacial score (nSPS) is 8.88. The highest BCUT2D eigenvalue weighted by molar-refractivity contribution is 9.10. The monoisotopic (exact) mass is 330 g/mol. The van der Waals surface area contributed by atoms with Crippen LogP contribution in [0.1, 0.15) is 0 Å². The molecule has 0 spiro atoms. The van der Waals surface area contributed by atoms with Crippen molar-refractivity contribution in [3.05, 3.63) is 28.7 Å². The summed E-state index contributed by atoms with van der Waals surface area (Å²) in [5, 5.41) is 3.16. The van der Waals surface area contributed by atoms with Crippen LogP contribution in [0.2, 0.25) is 0 Å². The van der Waals surface area contributed by atoms with Crippen molar-refractivity contribution < 1.29 is 4.74 Å². The number of nitrogens with two attached hydrogens (primary N) is 1. The fourth-order valence-corrected chi connectivity index (χ4v) is 1.42. The number of benzene rings is 1. The molecule has 0 aliphatic heterocycles. The summed E-state index contributed by atoms with van der Waals surface area (Å²) in [6, 6.07) is 7.81. The second kappa shape index (κ2) is 11.5. The standard InChI is InChI=1S/C10H15BrN2O.2ClH/c11-9-3-1-2-4-10(9)14-8-7-13-6-5-12;;/h1-4,13H,5-8,12H2;2*1H. The molecule has 3 N–H and O–H groups in total. The van der Waals surface area contributed by atoms with Gasteiger partial charge in [-0.3, -0.25) is 0 Å². The topological polar surface area (TPSA) is 47.3 Å². The molecule has 0 aliphatic rings. The second-order valence-electron chi connectivity index (χ2n) is 2.82. The van der Waals surface area contributed by atoms with Crippen LogP contribution in [0.5, 0.6) is 5.75 Å². The van der Waals surface area contributed by atoms with E-state index in [0.717, 1.165) is 23.3 Å². The fourth-order valence-electron chi connectivity index (χ4n) is 1.02. The molecule has 16 heavy (non-hydrogen) atoms. The molecule has 0 unspecified atom stereocenters. The molecule has 94 valence electrons. The van der Waals surface area contributed by atoms with E-state index in [0.29, 0.717) is 13.2 Å². The van der Waals surface area contributed by atoms with E-state index >= 15 is 0 Å². The maximum absolute atomic E-state index is 5.53. The van der Waals surface area contributed by atoms with Gasteiger partial charge in [0.2, 0.25) is 0 Å². The van der Waals surface area contributed by atoms with Crippen molar-refractivity contribution in [1.82, 2.24) is 5.32 Å². The molecule has 0 heterocycles. The Hall–Kier alpha value is -0.000000000000000111. The molecule has 0 aliphatic carbocycles. The minimum absolute atomic E-state index is 0. The van der Waals surface area contributed by atoms with Crippen LogP contribution in [0.15, 0.2) is 28.7 Å². The Bertz CT molecular complexity index is 277. The van der Waals surface area contributed by atoms with Gasteiger partial charge in [0.25, 0.3) is 0 Å². The van der Waals surface area contributed by atoms with Crippen molar-refractivity contribution in [2.24, 2.45) is 5.73 Å². The van der Waals surface area contributed by atoms with E-state index in [1.165, 1.54) is 0 Å². The lowest BCUT2D eigenvalue weighted by molar-refractivity contribution is 0.313. The third-order valence-electron chi connectivity index (χ3n) is 1.69. The molecule has 0 amide bonds. The van der Waals surface area contributed by atoms with Crippen LogP contribution in [-0.2, 0) is 0 Å². The lowest BCUT2D eigenvalue weighted by Gasteiger charge is -2.08. The lowest BCUT2D eigenvalue weighted by Crippen LogP contribution is -2.26. The molecule has 1 aromatic rings. The van der Waals surface area contributed by atoms with Crippen molar-refractivity contribution in [2.75, 3.05) is 26.2 Å². The Balaban J connectivity index is 0. The van der Waals surface area contributed by atoms with E-state index in [4.69, 9.17) is 10.5 Å². The van der Waals surface area contributed by atoms with Crippen LogP contribution >= 0.6 is 40.7 Å². The number of hydrogen-bond donors (Lipinski definition) is 2. The van der Waals surface area contributed by atoms with Crippen LogP contribution < -0.4 is 15.8 Å². The second-order valence-corrected chi connectivity index (χ2v) is 3.67. The third kappa shape index (κ3) is 7.30. The zero-order valence-corrected chi connectivity index (χ0v) is 12.0. The van der Waals surface area contributed by atoms with Gasteiger partial charge in [0.1, 0.15) is 12.4 Å². The predicted molar refractivity (Wildman–Crippen MR) is 76.1 cm³/mol. The van der Waals surface area contributed by atoms with E-state index in [1.807, 2.05) is 24.3 Å². The first-order chi connectivity index (χ1) is 6.84. The smallest absolute Gasteiger partial charge is 0.133 e. The highest BCUT2D eigenvalue weighted by Crippen LogP contribution is 2.23. The maximum Gasteiger partial charge on any atom is 0.133 e. The summed E-state index contributed by atoms with van der Waals surface area (Å²) in [6.07, 6.45) is 0. The van der Waals surface area contributed by atoms with E-state index < -0.39 is 0 Å². The van der Waals surface area contributed by atoms with Crippen molar-refractivity contribution >= 4 is 40.7 Å². The molecule has 0 radical (unpaired) electrons. The van der Waals surface area contributed by atoms with Crippen LogP contribution in [0.4, 0.5) is 0 Å². The van der Waals surface area contributed by atoms with Crippen LogP contribution in [-0.4, -0.2) is 26.2 Å². The van der Waals surface area contributed by atoms with Crippen LogP contribution in [0.25, 0.3) is 0 Å². The first-order valence-corrected chi connectivity index (χ1v) is 5.42. The molecule has 0 saturated heterocycles. The number of nitrogens with one attached hydrogen (secondary N) is 1. The van der Waals surface area contributed by atoms with Gasteiger partial charge in [-0.1, -0.05) is 12.1 Å². The Labute approximate surface area is 117 Å². The molecule has 0 bridgehead atoms. The number of para-hydroxylation sites is 1. The zero-order valence-electron chi connectivity index (χ0n) is 8.82. The van der Waals surface area contributed by atoms with Gasteiger partial charge < -0.3 is 15.8 Å². The fraction of sp³-hybridized carbons (Fsp3) is 0.400. The molecule has 0 saturated carbocycles. The summed E-state index contributed by atoms with van der Waals surface area (Å²) in [7, 11) is 0. The van der Waals surface area contributed by atoms with Crippen molar-refractivity contribution in [1.29, 1.82) is 0 Å². The van der Waals surface area contributed by atoms with Gasteiger partial charge in [0.05, 0.1) is 4.47 Å². The Morgan fingerprint density at radius 2 is 1.88 bits per heavy atom. The quantitative estimate of drug-likeness (QED) is 0.786. The molecule has 1 aromatic carbocycles. The molecule has 3 nitrogen and oxygen atoms in total. The highest BCUT2D eigenvalue weighted by atomic mass is 79.9. The van der Waals surface area contributed by atoms with E-state index in [9.17, 15) is 0 Å². The largest absolute Gasteiger partial charge is 0.491 e. The molecule has 0 fully saturated rings. The predicted octanol–water partition coefficient (Wildman–Crippen LogP) is 2.22. The van der Waals surface area contributed by atoms with Gasteiger partial charge in [-0.05, 0) is 28.1 Å².